The van der Waals surface area contributed by atoms with Crippen molar-refractivity contribution in [2.75, 3.05) is 26.2 Å². The summed E-state index contributed by atoms with van der Waals surface area (Å²) in [6.45, 7) is 3.80. The summed E-state index contributed by atoms with van der Waals surface area (Å²) in [4.78, 5) is 38.0. The van der Waals surface area contributed by atoms with Crippen LogP contribution in [0.1, 0.15) is 25.9 Å². The van der Waals surface area contributed by atoms with E-state index in [4.69, 9.17) is 4.42 Å². The number of furan rings is 1. The van der Waals surface area contributed by atoms with Crippen molar-refractivity contribution in [1.82, 2.24) is 19.8 Å². The summed E-state index contributed by atoms with van der Waals surface area (Å²) in [6, 6.07) is 7.13. The van der Waals surface area contributed by atoms with Gasteiger partial charge < -0.3 is 14.2 Å². The molecule has 0 radical (unpaired) electrons. The number of amides is 2. The minimum atomic E-state index is -0.139. The fraction of sp³-hybridized carbons (Fsp3) is 0.263. The molecular weight excluding hydrogens is 364 g/mol. The van der Waals surface area contributed by atoms with Crippen molar-refractivity contribution >= 4 is 23.2 Å². The standard InChI is InChI=1S/C19H18N4O3S/c1-13-16(27-17(21-13)14-4-2-6-20-12-14)19(25)23-9-7-22(8-10-23)18(24)15-5-3-11-26-15/h2-6,11-12H,7-10H2,1H3. The van der Waals surface area contributed by atoms with Gasteiger partial charge in [-0.05, 0) is 31.2 Å². The van der Waals surface area contributed by atoms with E-state index in [9.17, 15) is 9.59 Å². The van der Waals surface area contributed by atoms with Crippen molar-refractivity contribution in [3.8, 4) is 10.6 Å². The van der Waals surface area contributed by atoms with E-state index in [-0.39, 0.29) is 11.8 Å². The Kier molecular flexibility index (Phi) is 4.72. The fourth-order valence-electron chi connectivity index (χ4n) is 3.02. The Morgan fingerprint density at radius 1 is 1.07 bits per heavy atom. The normalized spacial score (nSPS) is 14.4. The first-order valence-corrected chi connectivity index (χ1v) is 9.45. The predicted octanol–water partition coefficient (Wildman–Crippen LogP) is 2.70. The third-order valence-electron chi connectivity index (χ3n) is 4.49. The van der Waals surface area contributed by atoms with Gasteiger partial charge in [0, 0.05) is 44.1 Å². The van der Waals surface area contributed by atoms with Gasteiger partial charge in [0.15, 0.2) is 5.76 Å². The maximum atomic E-state index is 12.9. The number of carbonyl (C=O) groups is 2. The molecule has 0 aliphatic carbocycles. The molecule has 8 heteroatoms. The Morgan fingerprint density at radius 2 is 1.81 bits per heavy atom. The van der Waals surface area contributed by atoms with Crippen molar-refractivity contribution in [1.29, 1.82) is 0 Å². The van der Waals surface area contributed by atoms with Crippen LogP contribution < -0.4 is 0 Å². The lowest BCUT2D eigenvalue weighted by molar-refractivity contribution is 0.0520. The van der Waals surface area contributed by atoms with Gasteiger partial charge in [0.2, 0.25) is 0 Å². The number of piperazine rings is 1. The number of aryl methyl sites for hydroxylation is 1. The molecule has 0 saturated carbocycles. The van der Waals surface area contributed by atoms with E-state index < -0.39 is 0 Å². The number of pyridine rings is 1. The van der Waals surface area contributed by atoms with Crippen LogP contribution in [0.25, 0.3) is 10.6 Å². The Labute approximate surface area is 160 Å². The number of carbonyl (C=O) groups excluding carboxylic acids is 2. The van der Waals surface area contributed by atoms with Gasteiger partial charge in [0.05, 0.1) is 12.0 Å². The van der Waals surface area contributed by atoms with Crippen LogP contribution in [0.5, 0.6) is 0 Å². The summed E-state index contributed by atoms with van der Waals surface area (Å²) in [5.74, 6) is 0.152. The van der Waals surface area contributed by atoms with E-state index >= 15 is 0 Å². The molecule has 4 heterocycles. The second-order valence-electron chi connectivity index (χ2n) is 6.24. The molecule has 0 unspecified atom stereocenters. The second-order valence-corrected chi connectivity index (χ2v) is 7.24. The molecule has 1 fully saturated rings. The van der Waals surface area contributed by atoms with E-state index in [2.05, 4.69) is 9.97 Å². The molecule has 0 atom stereocenters. The van der Waals surface area contributed by atoms with Crippen LogP contribution in [0.15, 0.2) is 47.3 Å². The number of aromatic nitrogens is 2. The third kappa shape index (κ3) is 3.48. The Morgan fingerprint density at radius 3 is 2.44 bits per heavy atom. The van der Waals surface area contributed by atoms with Crippen LogP contribution in [-0.4, -0.2) is 57.8 Å². The van der Waals surface area contributed by atoms with Gasteiger partial charge in [-0.2, -0.15) is 0 Å². The zero-order valence-electron chi connectivity index (χ0n) is 14.8. The van der Waals surface area contributed by atoms with Gasteiger partial charge in [-0.25, -0.2) is 4.98 Å². The van der Waals surface area contributed by atoms with Gasteiger partial charge in [-0.3, -0.25) is 14.6 Å². The summed E-state index contributed by atoms with van der Waals surface area (Å²) in [5.41, 5.74) is 1.62. The minimum Gasteiger partial charge on any atom is -0.459 e. The summed E-state index contributed by atoms with van der Waals surface area (Å²) in [5, 5.41) is 0.788. The van der Waals surface area contributed by atoms with Crippen molar-refractivity contribution in [3.63, 3.8) is 0 Å². The molecule has 1 aliphatic heterocycles. The highest BCUT2D eigenvalue weighted by atomic mass is 32.1. The van der Waals surface area contributed by atoms with E-state index in [1.807, 2.05) is 19.1 Å². The average molecular weight is 382 g/mol. The largest absolute Gasteiger partial charge is 0.459 e. The number of hydrogen-bond acceptors (Lipinski definition) is 6. The van der Waals surface area contributed by atoms with Crippen LogP contribution in [0.3, 0.4) is 0 Å². The van der Waals surface area contributed by atoms with Gasteiger partial charge in [-0.15, -0.1) is 11.3 Å². The summed E-state index contributed by atoms with van der Waals surface area (Å²) in [6.07, 6.45) is 4.94. The monoisotopic (exact) mass is 382 g/mol. The van der Waals surface area contributed by atoms with Crippen LogP contribution in [0, 0.1) is 6.92 Å². The van der Waals surface area contributed by atoms with E-state index in [1.54, 1.807) is 34.3 Å². The van der Waals surface area contributed by atoms with Crippen LogP contribution in [0.2, 0.25) is 0 Å². The number of hydrogen-bond donors (Lipinski definition) is 0. The lowest BCUT2D eigenvalue weighted by Crippen LogP contribution is -2.50. The third-order valence-corrected chi connectivity index (χ3v) is 5.68. The lowest BCUT2D eigenvalue weighted by atomic mass is 10.2. The lowest BCUT2D eigenvalue weighted by Gasteiger charge is -2.34. The molecule has 0 aromatic carbocycles. The average Bonchev–Trinajstić information content (AvgIpc) is 3.38. The second kappa shape index (κ2) is 7.32. The maximum Gasteiger partial charge on any atom is 0.289 e. The molecule has 0 spiro atoms. The molecule has 138 valence electrons. The van der Waals surface area contributed by atoms with E-state index in [0.717, 1.165) is 16.3 Å². The van der Waals surface area contributed by atoms with Crippen molar-refractivity contribution in [2.24, 2.45) is 0 Å². The highest BCUT2D eigenvalue weighted by molar-refractivity contribution is 7.17. The first-order valence-electron chi connectivity index (χ1n) is 8.63. The zero-order chi connectivity index (χ0) is 18.8. The highest BCUT2D eigenvalue weighted by Crippen LogP contribution is 2.28. The molecule has 27 heavy (non-hydrogen) atoms. The predicted molar refractivity (Wildman–Crippen MR) is 101 cm³/mol. The first-order chi connectivity index (χ1) is 13.1. The highest BCUT2D eigenvalue weighted by Gasteiger charge is 2.28. The van der Waals surface area contributed by atoms with Crippen molar-refractivity contribution in [3.05, 3.63) is 59.3 Å². The first kappa shape index (κ1) is 17.4. The molecule has 1 aliphatic rings. The molecule has 7 nitrogen and oxygen atoms in total. The quantitative estimate of drug-likeness (QED) is 0.696. The summed E-state index contributed by atoms with van der Waals surface area (Å²) in [7, 11) is 0. The molecular formula is C19H18N4O3S. The Balaban J connectivity index is 1.44. The molecule has 3 aromatic rings. The van der Waals surface area contributed by atoms with E-state index in [1.165, 1.54) is 17.6 Å². The molecule has 0 N–H and O–H groups in total. The molecule has 3 aromatic heterocycles. The zero-order valence-corrected chi connectivity index (χ0v) is 15.6. The van der Waals surface area contributed by atoms with Crippen molar-refractivity contribution in [2.45, 2.75) is 6.92 Å². The topological polar surface area (TPSA) is 79.5 Å². The maximum absolute atomic E-state index is 12.9. The number of rotatable bonds is 3. The van der Waals surface area contributed by atoms with Crippen LogP contribution in [0.4, 0.5) is 0 Å². The number of thiazole rings is 1. The van der Waals surface area contributed by atoms with Gasteiger partial charge in [-0.1, -0.05) is 0 Å². The Hall–Kier alpha value is -3.00. The Bertz CT molecular complexity index is 945. The fourth-order valence-corrected chi connectivity index (χ4v) is 4.04. The van der Waals surface area contributed by atoms with Crippen LogP contribution in [-0.2, 0) is 0 Å². The molecule has 4 rings (SSSR count). The minimum absolute atomic E-state index is 0.0368. The van der Waals surface area contributed by atoms with Crippen LogP contribution >= 0.6 is 11.3 Å². The van der Waals surface area contributed by atoms with Gasteiger partial charge in [0.25, 0.3) is 11.8 Å². The van der Waals surface area contributed by atoms with Crippen molar-refractivity contribution < 1.29 is 14.0 Å². The van der Waals surface area contributed by atoms with Gasteiger partial charge in [0.1, 0.15) is 9.88 Å². The summed E-state index contributed by atoms with van der Waals surface area (Å²) >= 11 is 1.38. The SMILES string of the molecule is Cc1nc(-c2cccnc2)sc1C(=O)N1CCN(C(=O)c2ccco2)CC1. The van der Waals surface area contributed by atoms with Gasteiger partial charge >= 0.3 is 0 Å². The van der Waals surface area contributed by atoms with E-state index in [0.29, 0.717) is 36.8 Å². The molecule has 0 bridgehead atoms. The molecule has 1 saturated heterocycles. The molecule has 2 amide bonds. The number of nitrogens with zero attached hydrogens (tertiary/aromatic N) is 4. The summed E-state index contributed by atoms with van der Waals surface area (Å²) < 4.78 is 5.17. The smallest absolute Gasteiger partial charge is 0.289 e.